The molecule has 0 saturated carbocycles. The van der Waals surface area contributed by atoms with Crippen LogP contribution in [-0.2, 0) is 19.0 Å². The number of esters is 1. The summed E-state index contributed by atoms with van der Waals surface area (Å²) in [5.74, 6) is 5.15. The first-order valence-electron chi connectivity index (χ1n) is 5.16. The van der Waals surface area contributed by atoms with Crippen molar-refractivity contribution in [2.75, 3.05) is 19.8 Å². The number of hydrogen-bond donors (Lipinski definition) is 0. The standard InChI is InChI=1S/C11H15IO4/c1-9(13)14-6-2-3-7-15-11-10(12)5-4-8-16-11/h10-11H,4-8H2,1H3/t10-,11-/m1/s1. The van der Waals surface area contributed by atoms with E-state index < -0.39 is 0 Å². The van der Waals surface area contributed by atoms with Crippen LogP contribution in [0.3, 0.4) is 0 Å². The Hall–Kier alpha value is -0.320. The fraction of sp³-hybridized carbons (Fsp3) is 0.727. The molecule has 0 aliphatic carbocycles. The lowest BCUT2D eigenvalue weighted by molar-refractivity contribution is -0.146. The van der Waals surface area contributed by atoms with Gasteiger partial charge in [0.15, 0.2) is 12.9 Å². The molecule has 0 N–H and O–H groups in total. The van der Waals surface area contributed by atoms with E-state index in [1.807, 2.05) is 0 Å². The highest BCUT2D eigenvalue weighted by Crippen LogP contribution is 2.22. The highest BCUT2D eigenvalue weighted by atomic mass is 127. The number of carbonyl (C=O) groups excluding carboxylic acids is 1. The van der Waals surface area contributed by atoms with E-state index >= 15 is 0 Å². The minimum Gasteiger partial charge on any atom is -0.453 e. The first-order chi connectivity index (χ1) is 7.70. The molecule has 0 bridgehead atoms. The summed E-state index contributed by atoms with van der Waals surface area (Å²) in [6.07, 6.45) is 2.05. The SMILES string of the molecule is CC(=O)OCC#CCO[C@@H]1OCCC[C@H]1I. The van der Waals surface area contributed by atoms with Crippen molar-refractivity contribution in [3.05, 3.63) is 0 Å². The van der Waals surface area contributed by atoms with Crippen LogP contribution < -0.4 is 0 Å². The Bertz CT molecular complexity index is 281. The lowest BCUT2D eigenvalue weighted by atomic mass is 10.2. The summed E-state index contributed by atoms with van der Waals surface area (Å²) in [4.78, 5) is 10.4. The molecule has 2 atom stereocenters. The van der Waals surface area contributed by atoms with Gasteiger partial charge in [-0.25, -0.2) is 0 Å². The monoisotopic (exact) mass is 338 g/mol. The molecule has 5 heteroatoms. The fourth-order valence-corrected chi connectivity index (χ4v) is 2.09. The molecule has 0 aromatic rings. The smallest absolute Gasteiger partial charge is 0.303 e. The molecule has 1 heterocycles. The third-order valence-corrected chi connectivity index (χ3v) is 3.20. The van der Waals surface area contributed by atoms with Crippen molar-refractivity contribution >= 4 is 28.6 Å². The van der Waals surface area contributed by atoms with Gasteiger partial charge in [0.25, 0.3) is 0 Å². The van der Waals surface area contributed by atoms with Gasteiger partial charge >= 0.3 is 5.97 Å². The molecule has 16 heavy (non-hydrogen) atoms. The molecule has 0 radical (unpaired) electrons. The minimum atomic E-state index is -0.321. The number of carbonyl (C=O) groups is 1. The van der Waals surface area contributed by atoms with E-state index in [9.17, 15) is 4.79 Å². The summed E-state index contributed by atoms with van der Waals surface area (Å²) in [5.41, 5.74) is 0. The van der Waals surface area contributed by atoms with Crippen molar-refractivity contribution < 1.29 is 19.0 Å². The van der Waals surface area contributed by atoms with E-state index in [0.717, 1.165) is 19.4 Å². The average Bonchev–Trinajstić information content (AvgIpc) is 2.25. The third-order valence-electron chi connectivity index (χ3n) is 1.99. The van der Waals surface area contributed by atoms with Gasteiger partial charge in [-0.2, -0.15) is 0 Å². The maximum Gasteiger partial charge on any atom is 0.303 e. The summed E-state index contributed by atoms with van der Waals surface area (Å²) >= 11 is 2.33. The quantitative estimate of drug-likeness (QED) is 0.339. The summed E-state index contributed by atoms with van der Waals surface area (Å²) in [7, 11) is 0. The van der Waals surface area contributed by atoms with Crippen LogP contribution in [-0.4, -0.2) is 36.0 Å². The van der Waals surface area contributed by atoms with Crippen LogP contribution in [0.5, 0.6) is 0 Å². The predicted molar refractivity (Wildman–Crippen MR) is 67.1 cm³/mol. The normalized spacial score (nSPS) is 24.4. The van der Waals surface area contributed by atoms with Gasteiger partial charge in [-0.05, 0) is 12.8 Å². The van der Waals surface area contributed by atoms with E-state index in [-0.39, 0.29) is 18.9 Å². The molecule has 1 aliphatic rings. The molecule has 0 spiro atoms. The Morgan fingerprint density at radius 3 is 2.94 bits per heavy atom. The lowest BCUT2D eigenvalue weighted by Crippen LogP contribution is -2.32. The molecule has 4 nitrogen and oxygen atoms in total. The number of hydrogen-bond acceptors (Lipinski definition) is 4. The predicted octanol–water partition coefficient (Wildman–Crippen LogP) is 1.51. The second-order valence-corrected chi connectivity index (χ2v) is 4.94. The van der Waals surface area contributed by atoms with Crippen LogP contribution in [0.2, 0.25) is 0 Å². The van der Waals surface area contributed by atoms with Gasteiger partial charge < -0.3 is 14.2 Å². The molecule has 0 amide bonds. The second-order valence-electron chi connectivity index (χ2n) is 3.34. The molecule has 90 valence electrons. The number of ether oxygens (including phenoxy) is 3. The van der Waals surface area contributed by atoms with Crippen LogP contribution in [0.1, 0.15) is 19.8 Å². The first kappa shape index (κ1) is 13.7. The zero-order valence-electron chi connectivity index (χ0n) is 9.20. The van der Waals surface area contributed by atoms with E-state index in [4.69, 9.17) is 9.47 Å². The van der Waals surface area contributed by atoms with Gasteiger partial charge in [0.1, 0.15) is 6.61 Å². The lowest BCUT2D eigenvalue weighted by Gasteiger charge is -2.26. The maximum atomic E-state index is 10.4. The van der Waals surface area contributed by atoms with Gasteiger partial charge in [-0.15, -0.1) is 0 Å². The molecule has 1 aliphatic heterocycles. The van der Waals surface area contributed by atoms with Crippen LogP contribution in [0, 0.1) is 11.8 Å². The van der Waals surface area contributed by atoms with Crippen LogP contribution >= 0.6 is 22.6 Å². The fourth-order valence-electron chi connectivity index (χ4n) is 1.23. The minimum absolute atomic E-state index is 0.123. The summed E-state index contributed by atoms with van der Waals surface area (Å²) < 4.78 is 16.0. The van der Waals surface area contributed by atoms with Crippen LogP contribution in [0.4, 0.5) is 0 Å². The first-order valence-corrected chi connectivity index (χ1v) is 6.41. The third kappa shape index (κ3) is 5.68. The van der Waals surface area contributed by atoms with Crippen LogP contribution in [0.15, 0.2) is 0 Å². The van der Waals surface area contributed by atoms with Gasteiger partial charge in [0.2, 0.25) is 0 Å². The van der Waals surface area contributed by atoms with Crippen LogP contribution in [0.25, 0.3) is 0 Å². The van der Waals surface area contributed by atoms with Gasteiger partial charge in [-0.3, -0.25) is 4.79 Å². The molecule has 1 saturated heterocycles. The highest BCUT2D eigenvalue weighted by Gasteiger charge is 2.23. The Labute approximate surface area is 109 Å². The van der Waals surface area contributed by atoms with Crippen molar-refractivity contribution in [3.63, 3.8) is 0 Å². The summed E-state index contributed by atoms with van der Waals surface area (Å²) in [5, 5.41) is 0. The van der Waals surface area contributed by atoms with Gasteiger partial charge in [0, 0.05) is 13.5 Å². The largest absolute Gasteiger partial charge is 0.453 e. The Morgan fingerprint density at radius 1 is 1.50 bits per heavy atom. The van der Waals surface area contributed by atoms with Crippen molar-refractivity contribution in [3.8, 4) is 11.8 Å². The van der Waals surface area contributed by atoms with E-state index in [2.05, 4.69) is 39.2 Å². The molecule has 0 aromatic carbocycles. The van der Waals surface area contributed by atoms with E-state index in [1.165, 1.54) is 6.92 Å². The highest BCUT2D eigenvalue weighted by molar-refractivity contribution is 14.1. The van der Waals surface area contributed by atoms with Crippen molar-refractivity contribution in [1.29, 1.82) is 0 Å². The molecular formula is C11H15IO4. The number of rotatable bonds is 3. The number of halogens is 1. The van der Waals surface area contributed by atoms with E-state index in [0.29, 0.717) is 10.5 Å². The van der Waals surface area contributed by atoms with Crippen molar-refractivity contribution in [2.24, 2.45) is 0 Å². The number of alkyl halides is 1. The molecular weight excluding hydrogens is 323 g/mol. The topological polar surface area (TPSA) is 44.8 Å². The summed E-state index contributed by atoms with van der Waals surface area (Å²) in [6.45, 7) is 2.54. The van der Waals surface area contributed by atoms with E-state index in [1.54, 1.807) is 0 Å². The molecule has 0 aromatic heterocycles. The molecule has 1 rings (SSSR count). The molecule has 1 fully saturated rings. The maximum absolute atomic E-state index is 10.4. The molecule has 0 unspecified atom stereocenters. The Balaban J connectivity index is 2.11. The zero-order valence-corrected chi connectivity index (χ0v) is 11.4. The van der Waals surface area contributed by atoms with Crippen molar-refractivity contribution in [2.45, 2.75) is 30.0 Å². The Kier molecular flexibility index (Phi) is 6.76. The van der Waals surface area contributed by atoms with Gasteiger partial charge in [0.05, 0.1) is 3.92 Å². The second kappa shape index (κ2) is 7.87. The zero-order chi connectivity index (χ0) is 11.8. The average molecular weight is 338 g/mol. The summed E-state index contributed by atoms with van der Waals surface area (Å²) in [6, 6.07) is 0. The van der Waals surface area contributed by atoms with Crippen molar-refractivity contribution in [1.82, 2.24) is 0 Å². The Morgan fingerprint density at radius 2 is 2.25 bits per heavy atom. The van der Waals surface area contributed by atoms with Gasteiger partial charge in [-0.1, -0.05) is 34.4 Å².